The number of aromatic nitrogens is 1. The Kier molecular flexibility index (Phi) is 4.28. The Morgan fingerprint density at radius 1 is 1.40 bits per heavy atom. The van der Waals surface area contributed by atoms with Crippen LogP contribution in [0.4, 0.5) is 5.69 Å². The molecule has 0 saturated carbocycles. The van der Waals surface area contributed by atoms with Crippen LogP contribution in [0.25, 0.3) is 0 Å². The average molecular weight is 206 g/mol. The van der Waals surface area contributed by atoms with Gasteiger partial charge in [0.15, 0.2) is 5.78 Å². The van der Waals surface area contributed by atoms with Crippen molar-refractivity contribution in [2.75, 3.05) is 18.0 Å². The summed E-state index contributed by atoms with van der Waals surface area (Å²) < 4.78 is 0. The molecule has 1 aromatic rings. The molecule has 0 radical (unpaired) electrons. The van der Waals surface area contributed by atoms with Crippen LogP contribution in [-0.4, -0.2) is 23.9 Å². The van der Waals surface area contributed by atoms with Gasteiger partial charge in [0, 0.05) is 20.0 Å². The molecule has 1 rings (SSSR count). The van der Waals surface area contributed by atoms with Gasteiger partial charge in [-0.1, -0.05) is 6.92 Å². The van der Waals surface area contributed by atoms with Crippen molar-refractivity contribution >= 4 is 11.5 Å². The van der Waals surface area contributed by atoms with Crippen LogP contribution in [0, 0.1) is 0 Å². The number of pyridine rings is 1. The van der Waals surface area contributed by atoms with Gasteiger partial charge in [0.25, 0.3) is 0 Å². The molecule has 0 unspecified atom stereocenters. The van der Waals surface area contributed by atoms with Crippen LogP contribution in [0.3, 0.4) is 0 Å². The van der Waals surface area contributed by atoms with Crippen LogP contribution in [0.1, 0.15) is 37.7 Å². The monoisotopic (exact) mass is 206 g/mol. The van der Waals surface area contributed by atoms with Crippen LogP contribution in [-0.2, 0) is 0 Å². The Hall–Kier alpha value is -1.38. The van der Waals surface area contributed by atoms with Crippen molar-refractivity contribution in [3.63, 3.8) is 0 Å². The van der Waals surface area contributed by atoms with Gasteiger partial charge in [0.1, 0.15) is 5.69 Å². The number of ketones is 1. The summed E-state index contributed by atoms with van der Waals surface area (Å²) in [6, 6.07) is 3.75. The topological polar surface area (TPSA) is 33.2 Å². The fraction of sp³-hybridized carbons (Fsp3) is 0.500. The molecule has 0 atom stereocenters. The minimum atomic E-state index is 0.0140. The Morgan fingerprint density at radius 2 is 2.13 bits per heavy atom. The van der Waals surface area contributed by atoms with Crippen LogP contribution < -0.4 is 4.90 Å². The molecule has 0 fully saturated rings. The second kappa shape index (κ2) is 5.49. The lowest BCUT2D eigenvalue weighted by Gasteiger charge is -2.21. The van der Waals surface area contributed by atoms with Crippen LogP contribution in [0.15, 0.2) is 18.3 Å². The second-order valence-electron chi connectivity index (χ2n) is 3.54. The molecule has 0 aliphatic heterocycles. The number of hydrogen-bond donors (Lipinski definition) is 0. The predicted octanol–water partition coefficient (Wildman–Crippen LogP) is 2.52. The van der Waals surface area contributed by atoms with Crippen molar-refractivity contribution in [3.8, 4) is 0 Å². The number of hydrogen-bond acceptors (Lipinski definition) is 3. The highest BCUT2D eigenvalue weighted by molar-refractivity contribution is 5.92. The molecule has 82 valence electrons. The summed E-state index contributed by atoms with van der Waals surface area (Å²) in [6.07, 6.45) is 2.89. The normalized spacial score (nSPS) is 10.1. The van der Waals surface area contributed by atoms with E-state index < -0.39 is 0 Å². The van der Waals surface area contributed by atoms with E-state index in [1.54, 1.807) is 12.3 Å². The van der Waals surface area contributed by atoms with E-state index in [1.807, 2.05) is 6.07 Å². The van der Waals surface area contributed by atoms with Crippen molar-refractivity contribution < 1.29 is 4.79 Å². The molecule has 0 aromatic carbocycles. The molecule has 0 bridgehead atoms. The van der Waals surface area contributed by atoms with Gasteiger partial charge in [-0.05, 0) is 25.5 Å². The molecule has 0 spiro atoms. The van der Waals surface area contributed by atoms with Crippen molar-refractivity contribution in [1.29, 1.82) is 0 Å². The molecule has 0 N–H and O–H groups in total. The number of rotatable bonds is 5. The molecule has 3 nitrogen and oxygen atoms in total. The SMILES string of the molecule is CCCN(CC)c1ccc(C(C)=O)nc1. The van der Waals surface area contributed by atoms with Crippen LogP contribution in [0.5, 0.6) is 0 Å². The van der Waals surface area contributed by atoms with E-state index in [0.717, 1.165) is 25.2 Å². The highest BCUT2D eigenvalue weighted by atomic mass is 16.1. The minimum Gasteiger partial charge on any atom is -0.371 e. The van der Waals surface area contributed by atoms with Crippen LogP contribution >= 0.6 is 0 Å². The summed E-state index contributed by atoms with van der Waals surface area (Å²) in [6.45, 7) is 7.80. The Morgan fingerprint density at radius 3 is 2.53 bits per heavy atom. The Labute approximate surface area is 91.1 Å². The lowest BCUT2D eigenvalue weighted by Crippen LogP contribution is -2.23. The van der Waals surface area contributed by atoms with Gasteiger partial charge in [-0.2, -0.15) is 0 Å². The minimum absolute atomic E-state index is 0.0140. The summed E-state index contributed by atoms with van der Waals surface area (Å²) in [7, 11) is 0. The van der Waals surface area contributed by atoms with Crippen molar-refractivity contribution in [2.45, 2.75) is 27.2 Å². The lowest BCUT2D eigenvalue weighted by molar-refractivity contribution is 0.101. The molecule has 1 aromatic heterocycles. The van der Waals surface area contributed by atoms with E-state index in [9.17, 15) is 4.79 Å². The molecule has 1 heterocycles. The van der Waals surface area contributed by atoms with Gasteiger partial charge in [-0.15, -0.1) is 0 Å². The van der Waals surface area contributed by atoms with E-state index in [0.29, 0.717) is 5.69 Å². The number of carbonyl (C=O) groups is 1. The molecule has 0 saturated heterocycles. The van der Waals surface area contributed by atoms with E-state index in [1.165, 1.54) is 6.92 Å². The zero-order chi connectivity index (χ0) is 11.3. The smallest absolute Gasteiger partial charge is 0.178 e. The highest BCUT2D eigenvalue weighted by Crippen LogP contribution is 2.13. The summed E-state index contributed by atoms with van der Waals surface area (Å²) in [5.74, 6) is 0.0140. The zero-order valence-electron chi connectivity index (χ0n) is 9.66. The molecular weight excluding hydrogens is 188 g/mol. The highest BCUT2D eigenvalue weighted by Gasteiger charge is 2.05. The predicted molar refractivity (Wildman–Crippen MR) is 62.4 cm³/mol. The maximum atomic E-state index is 11.0. The molecular formula is C12H18N2O. The molecule has 15 heavy (non-hydrogen) atoms. The molecule has 3 heteroatoms. The number of Topliss-reactive ketones (excluding diaryl/α,β-unsaturated/α-hetero) is 1. The zero-order valence-corrected chi connectivity index (χ0v) is 9.66. The third-order valence-electron chi connectivity index (χ3n) is 2.35. The van der Waals surface area contributed by atoms with Crippen molar-refractivity contribution in [1.82, 2.24) is 4.98 Å². The molecule has 0 aliphatic rings. The lowest BCUT2D eigenvalue weighted by atomic mass is 10.2. The largest absolute Gasteiger partial charge is 0.371 e. The van der Waals surface area contributed by atoms with Crippen molar-refractivity contribution in [2.24, 2.45) is 0 Å². The standard InChI is InChI=1S/C12H18N2O/c1-4-8-14(5-2)11-6-7-12(10(3)15)13-9-11/h6-7,9H,4-5,8H2,1-3H3. The van der Waals surface area contributed by atoms with Crippen LogP contribution in [0.2, 0.25) is 0 Å². The second-order valence-corrected chi connectivity index (χ2v) is 3.54. The average Bonchev–Trinajstić information content (AvgIpc) is 2.26. The quantitative estimate of drug-likeness (QED) is 0.694. The Balaban J connectivity index is 2.81. The van der Waals surface area contributed by atoms with Gasteiger partial charge in [0.2, 0.25) is 0 Å². The Bertz CT molecular complexity index is 319. The number of nitrogens with zero attached hydrogens (tertiary/aromatic N) is 2. The van der Waals surface area contributed by atoms with E-state index in [4.69, 9.17) is 0 Å². The maximum absolute atomic E-state index is 11.0. The summed E-state index contributed by atoms with van der Waals surface area (Å²) in [4.78, 5) is 17.4. The van der Waals surface area contributed by atoms with Gasteiger partial charge in [-0.25, -0.2) is 0 Å². The summed E-state index contributed by atoms with van der Waals surface area (Å²) in [5, 5.41) is 0. The van der Waals surface area contributed by atoms with Gasteiger partial charge >= 0.3 is 0 Å². The number of anilines is 1. The fourth-order valence-corrected chi connectivity index (χ4v) is 1.52. The first-order chi connectivity index (χ1) is 7.19. The first kappa shape index (κ1) is 11.7. The van der Waals surface area contributed by atoms with Crippen molar-refractivity contribution in [3.05, 3.63) is 24.0 Å². The third-order valence-corrected chi connectivity index (χ3v) is 2.35. The maximum Gasteiger partial charge on any atom is 0.178 e. The van der Waals surface area contributed by atoms with E-state index in [2.05, 4.69) is 23.7 Å². The fourth-order valence-electron chi connectivity index (χ4n) is 1.52. The first-order valence-corrected chi connectivity index (χ1v) is 5.41. The molecule has 0 aliphatic carbocycles. The summed E-state index contributed by atoms with van der Waals surface area (Å²) in [5.41, 5.74) is 1.62. The van der Waals surface area contributed by atoms with Gasteiger partial charge in [0.05, 0.1) is 11.9 Å². The van der Waals surface area contributed by atoms with Gasteiger partial charge < -0.3 is 4.90 Å². The summed E-state index contributed by atoms with van der Waals surface area (Å²) >= 11 is 0. The first-order valence-electron chi connectivity index (χ1n) is 5.41. The van der Waals surface area contributed by atoms with E-state index in [-0.39, 0.29) is 5.78 Å². The van der Waals surface area contributed by atoms with E-state index >= 15 is 0 Å². The molecule has 0 amide bonds. The van der Waals surface area contributed by atoms with Gasteiger partial charge in [-0.3, -0.25) is 9.78 Å². The number of carbonyl (C=O) groups excluding carboxylic acids is 1. The third kappa shape index (κ3) is 3.05.